The fraction of sp³-hybridized carbons (Fsp3) is 0.235. The van der Waals surface area contributed by atoms with Crippen LogP contribution in [0, 0.1) is 0 Å². The molecule has 0 heterocycles. The first kappa shape index (κ1) is 13.3. The van der Waals surface area contributed by atoms with E-state index in [1.165, 1.54) is 18.4 Å². The van der Waals surface area contributed by atoms with Crippen molar-refractivity contribution in [1.82, 2.24) is 0 Å². The van der Waals surface area contributed by atoms with Crippen molar-refractivity contribution in [3.63, 3.8) is 0 Å². The normalized spacial score (nSPS) is 10.2. The maximum atomic E-state index is 10.7. The minimum absolute atomic E-state index is 0.622. The fourth-order valence-electron chi connectivity index (χ4n) is 1.89. The van der Waals surface area contributed by atoms with E-state index in [0.29, 0.717) is 11.3 Å². The van der Waals surface area contributed by atoms with Crippen LogP contribution in [0.2, 0.25) is 0 Å². The van der Waals surface area contributed by atoms with Gasteiger partial charge in [-0.1, -0.05) is 37.6 Å². The van der Waals surface area contributed by atoms with Crippen LogP contribution in [0.25, 0.3) is 0 Å². The van der Waals surface area contributed by atoms with E-state index in [2.05, 4.69) is 19.1 Å². The Balaban J connectivity index is 2.04. The molecule has 0 fully saturated rings. The Kier molecular flexibility index (Phi) is 4.73. The zero-order valence-corrected chi connectivity index (χ0v) is 11.1. The lowest BCUT2D eigenvalue weighted by atomic mass is 10.1. The second kappa shape index (κ2) is 6.74. The van der Waals surface area contributed by atoms with Crippen LogP contribution in [0.5, 0.6) is 11.5 Å². The molecule has 19 heavy (non-hydrogen) atoms. The van der Waals surface area contributed by atoms with Gasteiger partial charge in [0.05, 0.1) is 0 Å². The summed E-state index contributed by atoms with van der Waals surface area (Å²) in [5.41, 5.74) is 1.95. The lowest BCUT2D eigenvalue weighted by molar-refractivity contribution is 0.112. The summed E-state index contributed by atoms with van der Waals surface area (Å²) in [6, 6.07) is 15.3. The minimum atomic E-state index is 0.622. The van der Waals surface area contributed by atoms with Crippen molar-refractivity contribution in [3.05, 3.63) is 59.7 Å². The third-order valence-corrected chi connectivity index (χ3v) is 2.97. The topological polar surface area (TPSA) is 26.3 Å². The quantitative estimate of drug-likeness (QED) is 0.702. The van der Waals surface area contributed by atoms with Gasteiger partial charge in [0.25, 0.3) is 0 Å². The van der Waals surface area contributed by atoms with Gasteiger partial charge in [0.15, 0.2) is 0 Å². The van der Waals surface area contributed by atoms with Gasteiger partial charge in [-0.3, -0.25) is 4.79 Å². The molecule has 2 heteroatoms. The minimum Gasteiger partial charge on any atom is -0.457 e. The van der Waals surface area contributed by atoms with E-state index in [-0.39, 0.29) is 0 Å². The lowest BCUT2D eigenvalue weighted by Crippen LogP contribution is -1.88. The smallest absolute Gasteiger partial charge is 0.150 e. The SMILES string of the molecule is CCCCc1ccc(Oc2cccc(C=O)c2)cc1. The Labute approximate surface area is 114 Å². The Morgan fingerprint density at radius 2 is 1.84 bits per heavy atom. The monoisotopic (exact) mass is 254 g/mol. The Bertz CT molecular complexity index is 529. The lowest BCUT2D eigenvalue weighted by Gasteiger charge is -2.07. The van der Waals surface area contributed by atoms with Crippen LogP contribution in [0.15, 0.2) is 48.5 Å². The Morgan fingerprint density at radius 1 is 1.05 bits per heavy atom. The third-order valence-electron chi connectivity index (χ3n) is 2.97. The van der Waals surface area contributed by atoms with Crippen molar-refractivity contribution in [3.8, 4) is 11.5 Å². The molecular formula is C17H18O2. The van der Waals surface area contributed by atoms with E-state index in [0.717, 1.165) is 18.5 Å². The molecule has 2 aromatic carbocycles. The molecule has 0 saturated carbocycles. The number of carbonyl (C=O) groups is 1. The van der Waals surface area contributed by atoms with E-state index in [1.54, 1.807) is 12.1 Å². The second-order valence-corrected chi connectivity index (χ2v) is 4.54. The summed E-state index contributed by atoms with van der Waals surface area (Å²) >= 11 is 0. The molecule has 0 aliphatic carbocycles. The molecule has 0 aromatic heterocycles. The molecule has 2 nitrogen and oxygen atoms in total. The molecule has 0 radical (unpaired) electrons. The predicted molar refractivity (Wildman–Crippen MR) is 77.0 cm³/mol. The number of benzene rings is 2. The molecule has 98 valence electrons. The number of carbonyl (C=O) groups excluding carboxylic acids is 1. The summed E-state index contributed by atoms with van der Waals surface area (Å²) in [7, 11) is 0. The number of aldehydes is 1. The van der Waals surface area contributed by atoms with Crippen molar-refractivity contribution in [1.29, 1.82) is 0 Å². The number of unbranched alkanes of at least 4 members (excludes halogenated alkanes) is 1. The molecule has 0 atom stereocenters. The highest BCUT2D eigenvalue weighted by molar-refractivity contribution is 5.75. The standard InChI is InChI=1S/C17H18O2/c1-2-3-5-14-8-10-16(11-9-14)19-17-7-4-6-15(12-17)13-18/h4,6-13H,2-3,5H2,1H3. The van der Waals surface area contributed by atoms with Crippen molar-refractivity contribution < 1.29 is 9.53 Å². The van der Waals surface area contributed by atoms with Crippen LogP contribution in [-0.4, -0.2) is 6.29 Å². The average Bonchev–Trinajstić information content (AvgIpc) is 2.47. The van der Waals surface area contributed by atoms with Crippen LogP contribution < -0.4 is 4.74 Å². The van der Waals surface area contributed by atoms with E-state index < -0.39 is 0 Å². The van der Waals surface area contributed by atoms with Crippen LogP contribution in [-0.2, 0) is 6.42 Å². The van der Waals surface area contributed by atoms with E-state index in [1.807, 2.05) is 24.3 Å². The Morgan fingerprint density at radius 3 is 2.53 bits per heavy atom. The van der Waals surface area contributed by atoms with Crippen LogP contribution in [0.4, 0.5) is 0 Å². The van der Waals surface area contributed by atoms with E-state index in [4.69, 9.17) is 4.74 Å². The van der Waals surface area contributed by atoms with Gasteiger partial charge < -0.3 is 4.74 Å². The molecule has 2 rings (SSSR count). The van der Waals surface area contributed by atoms with E-state index >= 15 is 0 Å². The summed E-state index contributed by atoms with van der Waals surface area (Å²) in [4.78, 5) is 10.7. The van der Waals surface area contributed by atoms with Gasteiger partial charge >= 0.3 is 0 Å². The van der Waals surface area contributed by atoms with Gasteiger partial charge in [0, 0.05) is 5.56 Å². The first-order chi connectivity index (χ1) is 9.31. The molecule has 0 aliphatic rings. The largest absolute Gasteiger partial charge is 0.457 e. The van der Waals surface area contributed by atoms with Crippen molar-refractivity contribution in [2.75, 3.05) is 0 Å². The van der Waals surface area contributed by atoms with E-state index in [9.17, 15) is 4.79 Å². The summed E-state index contributed by atoms with van der Waals surface area (Å²) in [6.45, 7) is 2.19. The van der Waals surface area contributed by atoms with Gasteiger partial charge in [-0.05, 0) is 42.7 Å². The number of hydrogen-bond acceptors (Lipinski definition) is 2. The highest BCUT2D eigenvalue weighted by Crippen LogP contribution is 2.22. The molecule has 0 spiro atoms. The molecule has 0 saturated heterocycles. The maximum Gasteiger partial charge on any atom is 0.150 e. The number of ether oxygens (including phenoxy) is 1. The number of aryl methyl sites for hydroxylation is 1. The molecular weight excluding hydrogens is 236 g/mol. The predicted octanol–water partition coefficient (Wildman–Crippen LogP) is 4.63. The van der Waals surface area contributed by atoms with Gasteiger partial charge in [-0.15, -0.1) is 0 Å². The molecule has 0 unspecified atom stereocenters. The molecule has 0 bridgehead atoms. The van der Waals surface area contributed by atoms with Gasteiger partial charge in [0.1, 0.15) is 17.8 Å². The highest BCUT2D eigenvalue weighted by Gasteiger charge is 1.99. The van der Waals surface area contributed by atoms with Crippen molar-refractivity contribution >= 4 is 6.29 Å². The third kappa shape index (κ3) is 3.95. The molecule has 2 aromatic rings. The first-order valence-electron chi connectivity index (χ1n) is 6.64. The second-order valence-electron chi connectivity index (χ2n) is 4.54. The summed E-state index contributed by atoms with van der Waals surface area (Å²) in [6.07, 6.45) is 4.34. The fourth-order valence-corrected chi connectivity index (χ4v) is 1.89. The summed E-state index contributed by atoms with van der Waals surface area (Å²) in [5, 5.41) is 0. The Hall–Kier alpha value is -2.09. The van der Waals surface area contributed by atoms with Crippen LogP contribution in [0.3, 0.4) is 0 Å². The molecule has 0 aliphatic heterocycles. The maximum absolute atomic E-state index is 10.7. The van der Waals surface area contributed by atoms with Gasteiger partial charge in [0.2, 0.25) is 0 Å². The average molecular weight is 254 g/mol. The molecule has 0 N–H and O–H groups in total. The first-order valence-corrected chi connectivity index (χ1v) is 6.64. The van der Waals surface area contributed by atoms with Gasteiger partial charge in [-0.25, -0.2) is 0 Å². The van der Waals surface area contributed by atoms with Crippen LogP contribution >= 0.6 is 0 Å². The molecule has 0 amide bonds. The van der Waals surface area contributed by atoms with Crippen LogP contribution in [0.1, 0.15) is 35.7 Å². The highest BCUT2D eigenvalue weighted by atomic mass is 16.5. The van der Waals surface area contributed by atoms with Gasteiger partial charge in [-0.2, -0.15) is 0 Å². The summed E-state index contributed by atoms with van der Waals surface area (Å²) < 4.78 is 5.72. The zero-order chi connectivity index (χ0) is 13.5. The number of hydrogen-bond donors (Lipinski definition) is 0. The number of rotatable bonds is 6. The van der Waals surface area contributed by atoms with Crippen molar-refractivity contribution in [2.24, 2.45) is 0 Å². The zero-order valence-electron chi connectivity index (χ0n) is 11.1. The van der Waals surface area contributed by atoms with Crippen molar-refractivity contribution in [2.45, 2.75) is 26.2 Å². The summed E-state index contributed by atoms with van der Waals surface area (Å²) in [5.74, 6) is 1.48.